The average molecular weight is 188 g/mol. The van der Waals surface area contributed by atoms with E-state index in [-0.39, 0.29) is 0 Å². The average Bonchev–Trinajstić information content (AvgIpc) is 2.17. The molecule has 0 saturated carbocycles. The van der Waals surface area contributed by atoms with Crippen molar-refractivity contribution in [3.05, 3.63) is 30.3 Å². The molecule has 3 heteroatoms. The zero-order chi connectivity index (χ0) is 9.97. The van der Waals surface area contributed by atoms with E-state index in [0.717, 1.165) is 16.7 Å². The number of pyridine rings is 1. The van der Waals surface area contributed by atoms with E-state index in [4.69, 9.17) is 10.5 Å². The Balaban J connectivity index is 2.52. The molecule has 0 aliphatic rings. The first-order chi connectivity index (χ1) is 6.79. The van der Waals surface area contributed by atoms with Crippen LogP contribution in [0.4, 0.5) is 5.82 Å². The predicted molar refractivity (Wildman–Crippen MR) is 57.3 cm³/mol. The van der Waals surface area contributed by atoms with Crippen molar-refractivity contribution >= 4 is 16.7 Å². The van der Waals surface area contributed by atoms with E-state index in [1.54, 1.807) is 6.07 Å². The van der Waals surface area contributed by atoms with Gasteiger partial charge >= 0.3 is 0 Å². The summed E-state index contributed by atoms with van der Waals surface area (Å²) in [7, 11) is 0. The number of nitrogens with zero attached hydrogens (tertiary/aromatic N) is 1. The zero-order valence-corrected chi connectivity index (χ0v) is 8.03. The van der Waals surface area contributed by atoms with E-state index in [1.165, 1.54) is 0 Å². The van der Waals surface area contributed by atoms with E-state index < -0.39 is 0 Å². The molecule has 0 radical (unpaired) electrons. The molecule has 0 amide bonds. The Bertz CT molecular complexity index is 454. The third-order valence-electron chi connectivity index (χ3n) is 2.00. The molecule has 0 aliphatic heterocycles. The van der Waals surface area contributed by atoms with Crippen LogP contribution >= 0.6 is 0 Å². The lowest BCUT2D eigenvalue weighted by molar-refractivity contribution is 0.340. The quantitative estimate of drug-likeness (QED) is 0.786. The Morgan fingerprint density at radius 3 is 2.86 bits per heavy atom. The van der Waals surface area contributed by atoms with Crippen LogP contribution < -0.4 is 10.5 Å². The molecule has 1 aromatic carbocycles. The zero-order valence-electron chi connectivity index (χ0n) is 8.03. The molecule has 0 aliphatic carbocycles. The van der Waals surface area contributed by atoms with Gasteiger partial charge in [-0.15, -0.1) is 0 Å². The topological polar surface area (TPSA) is 48.1 Å². The van der Waals surface area contributed by atoms with Crippen molar-refractivity contribution in [3.8, 4) is 5.75 Å². The molecule has 3 nitrogen and oxygen atoms in total. The molecular weight excluding hydrogens is 176 g/mol. The highest BCUT2D eigenvalue weighted by atomic mass is 16.5. The largest absolute Gasteiger partial charge is 0.494 e. The molecule has 0 atom stereocenters. The van der Waals surface area contributed by atoms with E-state index in [9.17, 15) is 0 Å². The van der Waals surface area contributed by atoms with E-state index in [2.05, 4.69) is 4.98 Å². The lowest BCUT2D eigenvalue weighted by Gasteiger charge is -2.04. The van der Waals surface area contributed by atoms with Gasteiger partial charge in [0.2, 0.25) is 0 Å². The van der Waals surface area contributed by atoms with Crippen LogP contribution in [0, 0.1) is 0 Å². The standard InChI is InChI=1S/C11H12N2O/c1-2-14-9-5-3-8-4-6-11(12)13-10(8)7-9/h3-7H,2H2,1H3,(H2,12,13). The maximum atomic E-state index is 5.60. The molecule has 72 valence electrons. The van der Waals surface area contributed by atoms with Gasteiger partial charge in [-0.3, -0.25) is 0 Å². The van der Waals surface area contributed by atoms with Crippen molar-refractivity contribution in [1.29, 1.82) is 0 Å². The Labute approximate surface area is 82.5 Å². The SMILES string of the molecule is CCOc1ccc2ccc(N)nc2c1. The van der Waals surface area contributed by atoms with E-state index in [0.29, 0.717) is 12.4 Å². The number of rotatable bonds is 2. The highest BCUT2D eigenvalue weighted by Crippen LogP contribution is 2.20. The normalized spacial score (nSPS) is 10.4. The van der Waals surface area contributed by atoms with Crippen LogP contribution in [0.2, 0.25) is 0 Å². The molecule has 14 heavy (non-hydrogen) atoms. The van der Waals surface area contributed by atoms with Gasteiger partial charge in [-0.05, 0) is 31.2 Å². The van der Waals surface area contributed by atoms with Gasteiger partial charge in [0.1, 0.15) is 11.6 Å². The van der Waals surface area contributed by atoms with Gasteiger partial charge in [0.25, 0.3) is 0 Å². The molecule has 0 saturated heterocycles. The number of nitrogen functional groups attached to an aromatic ring is 1. The van der Waals surface area contributed by atoms with Crippen LogP contribution in [0.1, 0.15) is 6.92 Å². The molecule has 2 rings (SSSR count). The summed E-state index contributed by atoms with van der Waals surface area (Å²) in [4.78, 5) is 4.22. The molecular formula is C11H12N2O. The summed E-state index contributed by atoms with van der Waals surface area (Å²) in [5.74, 6) is 1.37. The monoisotopic (exact) mass is 188 g/mol. The molecule has 2 aromatic rings. The first kappa shape index (κ1) is 8.81. The maximum Gasteiger partial charge on any atom is 0.124 e. The summed E-state index contributed by atoms with van der Waals surface area (Å²) < 4.78 is 5.37. The third kappa shape index (κ3) is 1.62. The van der Waals surface area contributed by atoms with E-state index >= 15 is 0 Å². The van der Waals surface area contributed by atoms with Crippen LogP contribution in [0.5, 0.6) is 5.75 Å². The predicted octanol–water partition coefficient (Wildman–Crippen LogP) is 2.22. The van der Waals surface area contributed by atoms with Gasteiger partial charge in [-0.25, -0.2) is 4.98 Å². The van der Waals surface area contributed by atoms with Crippen LogP contribution in [-0.2, 0) is 0 Å². The van der Waals surface area contributed by atoms with Crippen LogP contribution in [0.3, 0.4) is 0 Å². The van der Waals surface area contributed by atoms with Crippen molar-refractivity contribution in [2.45, 2.75) is 6.92 Å². The van der Waals surface area contributed by atoms with Gasteiger partial charge in [0.05, 0.1) is 12.1 Å². The second-order valence-corrected chi connectivity index (χ2v) is 3.02. The number of anilines is 1. The minimum atomic E-state index is 0.533. The first-order valence-electron chi connectivity index (χ1n) is 4.58. The summed E-state index contributed by atoms with van der Waals surface area (Å²) in [6.07, 6.45) is 0. The second kappa shape index (κ2) is 3.54. The van der Waals surface area contributed by atoms with Gasteiger partial charge in [-0.1, -0.05) is 0 Å². The number of fused-ring (bicyclic) bond motifs is 1. The van der Waals surface area contributed by atoms with Crippen LogP contribution in [0.15, 0.2) is 30.3 Å². The third-order valence-corrected chi connectivity index (χ3v) is 2.00. The second-order valence-electron chi connectivity index (χ2n) is 3.02. The van der Waals surface area contributed by atoms with Crippen molar-refractivity contribution in [3.63, 3.8) is 0 Å². The van der Waals surface area contributed by atoms with Crippen LogP contribution in [-0.4, -0.2) is 11.6 Å². The van der Waals surface area contributed by atoms with Crippen molar-refractivity contribution in [2.24, 2.45) is 0 Å². The molecule has 2 N–H and O–H groups in total. The summed E-state index contributed by atoms with van der Waals surface area (Å²) >= 11 is 0. The highest BCUT2D eigenvalue weighted by Gasteiger charge is 1.98. The Hall–Kier alpha value is -1.77. The smallest absolute Gasteiger partial charge is 0.124 e. The summed E-state index contributed by atoms with van der Waals surface area (Å²) in [5.41, 5.74) is 6.47. The molecule has 0 spiro atoms. The van der Waals surface area contributed by atoms with Gasteiger partial charge in [0.15, 0.2) is 0 Å². The highest BCUT2D eigenvalue weighted by molar-refractivity contribution is 5.81. The number of hydrogen-bond acceptors (Lipinski definition) is 3. The van der Waals surface area contributed by atoms with Crippen molar-refractivity contribution in [1.82, 2.24) is 4.98 Å². The molecule has 0 unspecified atom stereocenters. The van der Waals surface area contributed by atoms with Gasteiger partial charge in [0, 0.05) is 11.5 Å². The van der Waals surface area contributed by atoms with Gasteiger partial charge < -0.3 is 10.5 Å². The number of benzene rings is 1. The van der Waals surface area contributed by atoms with Gasteiger partial charge in [-0.2, -0.15) is 0 Å². The summed E-state index contributed by atoms with van der Waals surface area (Å²) in [6, 6.07) is 9.56. The molecule has 0 fully saturated rings. The molecule has 1 heterocycles. The first-order valence-corrected chi connectivity index (χ1v) is 4.58. The van der Waals surface area contributed by atoms with E-state index in [1.807, 2.05) is 31.2 Å². The fourth-order valence-corrected chi connectivity index (χ4v) is 1.37. The van der Waals surface area contributed by atoms with Crippen molar-refractivity contribution in [2.75, 3.05) is 12.3 Å². The fourth-order valence-electron chi connectivity index (χ4n) is 1.37. The summed E-state index contributed by atoms with van der Waals surface area (Å²) in [6.45, 7) is 2.62. The maximum absolute atomic E-state index is 5.60. The Morgan fingerprint density at radius 2 is 2.07 bits per heavy atom. The minimum absolute atomic E-state index is 0.533. The number of hydrogen-bond donors (Lipinski definition) is 1. The summed E-state index contributed by atoms with van der Waals surface area (Å²) in [5, 5.41) is 1.07. The Morgan fingerprint density at radius 1 is 1.29 bits per heavy atom. The van der Waals surface area contributed by atoms with Crippen LogP contribution in [0.25, 0.3) is 10.9 Å². The minimum Gasteiger partial charge on any atom is -0.494 e. The Kier molecular flexibility index (Phi) is 2.23. The number of nitrogens with two attached hydrogens (primary N) is 1. The lowest BCUT2D eigenvalue weighted by atomic mass is 10.2. The fraction of sp³-hybridized carbons (Fsp3) is 0.182. The van der Waals surface area contributed by atoms with Crippen molar-refractivity contribution < 1.29 is 4.74 Å². The number of ether oxygens (including phenoxy) is 1. The number of aromatic nitrogens is 1. The lowest BCUT2D eigenvalue weighted by Crippen LogP contribution is -1.93. The molecule has 0 bridgehead atoms. The molecule has 1 aromatic heterocycles.